The van der Waals surface area contributed by atoms with E-state index < -0.39 is 11.8 Å². The standard InChI is InChI=1S/C25H25F2N5O3S/c26-25(27)7-9-30(15-25)10-8-28-23(34)20-21(33)16-5-6-19(31-11-13-35-14-12-31)29-22(16)32-17-3-1-2-4-18(17)36-24(20)32/h1-6H,7-15H2,(H,28,34). The van der Waals surface area contributed by atoms with Crippen LogP contribution < -0.4 is 15.6 Å². The van der Waals surface area contributed by atoms with Crippen molar-refractivity contribution in [3.8, 4) is 0 Å². The Balaban J connectivity index is 1.41. The van der Waals surface area contributed by atoms with Crippen molar-refractivity contribution in [2.45, 2.75) is 12.3 Å². The molecule has 2 saturated heterocycles. The molecular weight excluding hydrogens is 488 g/mol. The second-order valence-corrected chi connectivity index (χ2v) is 10.2. The van der Waals surface area contributed by atoms with Crippen LogP contribution in [-0.4, -0.2) is 78.6 Å². The van der Waals surface area contributed by atoms with Crippen molar-refractivity contribution in [2.75, 3.05) is 57.4 Å². The maximum Gasteiger partial charge on any atom is 0.261 e. The first-order valence-electron chi connectivity index (χ1n) is 12.0. The summed E-state index contributed by atoms with van der Waals surface area (Å²) in [5, 5.41) is 3.14. The minimum Gasteiger partial charge on any atom is -0.378 e. The minimum absolute atomic E-state index is 0.0522. The first kappa shape index (κ1) is 23.3. The number of rotatable bonds is 5. The van der Waals surface area contributed by atoms with Crippen molar-refractivity contribution < 1.29 is 18.3 Å². The Morgan fingerprint density at radius 1 is 1.14 bits per heavy atom. The van der Waals surface area contributed by atoms with E-state index >= 15 is 0 Å². The number of alkyl halides is 2. The molecule has 0 atom stereocenters. The lowest BCUT2D eigenvalue weighted by Gasteiger charge is -2.28. The second-order valence-electron chi connectivity index (χ2n) is 9.19. The highest BCUT2D eigenvalue weighted by Crippen LogP contribution is 2.31. The number of ether oxygens (including phenoxy) is 1. The summed E-state index contributed by atoms with van der Waals surface area (Å²) in [4.78, 5) is 36.0. The zero-order valence-electron chi connectivity index (χ0n) is 19.5. The van der Waals surface area contributed by atoms with E-state index in [0.717, 1.165) is 16.0 Å². The number of carbonyl (C=O) groups is 1. The molecule has 0 spiro atoms. The molecular formula is C25H25F2N5O3S. The van der Waals surface area contributed by atoms with Gasteiger partial charge in [-0.2, -0.15) is 0 Å². The molecule has 2 fully saturated rings. The third kappa shape index (κ3) is 4.10. The van der Waals surface area contributed by atoms with Gasteiger partial charge in [0.1, 0.15) is 16.2 Å². The van der Waals surface area contributed by atoms with E-state index in [-0.39, 0.29) is 30.5 Å². The SMILES string of the molecule is O=C(NCCN1CCC(F)(F)C1)c1c(=O)c2ccc(N3CCOCC3)nc2n2c1sc1ccccc12. The van der Waals surface area contributed by atoms with Crippen LogP contribution in [0, 0.1) is 0 Å². The molecule has 2 aliphatic rings. The molecule has 6 rings (SSSR count). The highest BCUT2D eigenvalue weighted by atomic mass is 32.1. The number of halogens is 2. The largest absolute Gasteiger partial charge is 0.378 e. The van der Waals surface area contributed by atoms with Gasteiger partial charge < -0.3 is 15.0 Å². The first-order chi connectivity index (χ1) is 17.4. The summed E-state index contributed by atoms with van der Waals surface area (Å²) >= 11 is 1.36. The summed E-state index contributed by atoms with van der Waals surface area (Å²) in [6.45, 7) is 3.12. The van der Waals surface area contributed by atoms with Gasteiger partial charge >= 0.3 is 0 Å². The van der Waals surface area contributed by atoms with Gasteiger partial charge in [0.25, 0.3) is 11.8 Å². The number of benzene rings is 1. The Kier molecular flexibility index (Phi) is 5.85. The molecule has 0 radical (unpaired) electrons. The Morgan fingerprint density at radius 3 is 2.72 bits per heavy atom. The van der Waals surface area contributed by atoms with Gasteiger partial charge in [0, 0.05) is 39.1 Å². The van der Waals surface area contributed by atoms with Crippen molar-refractivity contribution in [2.24, 2.45) is 0 Å². The predicted molar refractivity (Wildman–Crippen MR) is 136 cm³/mol. The molecule has 11 heteroatoms. The fraction of sp³-hybridized carbons (Fsp3) is 0.400. The van der Waals surface area contributed by atoms with Crippen LogP contribution in [0.15, 0.2) is 41.2 Å². The van der Waals surface area contributed by atoms with Gasteiger partial charge in [0.15, 0.2) is 5.65 Å². The summed E-state index contributed by atoms with van der Waals surface area (Å²) in [6, 6.07) is 11.3. The Labute approximate surface area is 209 Å². The average molecular weight is 514 g/mol. The Morgan fingerprint density at radius 2 is 1.94 bits per heavy atom. The summed E-state index contributed by atoms with van der Waals surface area (Å²) < 4.78 is 35.2. The molecule has 188 valence electrons. The molecule has 1 N–H and O–H groups in total. The third-order valence-corrected chi connectivity index (χ3v) is 7.94. The van der Waals surface area contributed by atoms with Gasteiger partial charge in [-0.05, 0) is 24.3 Å². The quantitative estimate of drug-likeness (QED) is 0.442. The van der Waals surface area contributed by atoms with Crippen molar-refractivity contribution in [3.63, 3.8) is 0 Å². The van der Waals surface area contributed by atoms with Crippen LogP contribution in [0.3, 0.4) is 0 Å². The van der Waals surface area contributed by atoms with Crippen LogP contribution in [0.25, 0.3) is 26.1 Å². The van der Waals surface area contributed by atoms with E-state index in [1.54, 1.807) is 11.0 Å². The number of thiazole rings is 1. The van der Waals surface area contributed by atoms with Crippen LogP contribution in [0.5, 0.6) is 0 Å². The fourth-order valence-electron chi connectivity index (χ4n) is 4.96. The lowest BCUT2D eigenvalue weighted by molar-refractivity contribution is 0.0124. The van der Waals surface area contributed by atoms with Gasteiger partial charge in [-0.15, -0.1) is 11.3 Å². The van der Waals surface area contributed by atoms with E-state index in [2.05, 4.69) is 10.2 Å². The van der Waals surface area contributed by atoms with Crippen LogP contribution in [0.2, 0.25) is 0 Å². The molecule has 0 bridgehead atoms. The van der Waals surface area contributed by atoms with Crippen LogP contribution in [0.4, 0.5) is 14.6 Å². The molecule has 36 heavy (non-hydrogen) atoms. The number of hydrogen-bond acceptors (Lipinski definition) is 7. The van der Waals surface area contributed by atoms with Gasteiger partial charge in [0.2, 0.25) is 5.43 Å². The normalized spacial score (nSPS) is 18.4. The number of fused-ring (bicyclic) bond motifs is 5. The summed E-state index contributed by atoms with van der Waals surface area (Å²) in [5.41, 5.74) is 1.04. The zero-order chi connectivity index (χ0) is 24.9. The lowest BCUT2D eigenvalue weighted by atomic mass is 10.1. The highest BCUT2D eigenvalue weighted by Gasteiger charge is 2.37. The number of nitrogens with one attached hydrogen (secondary N) is 1. The van der Waals surface area contributed by atoms with E-state index in [0.29, 0.717) is 55.3 Å². The highest BCUT2D eigenvalue weighted by molar-refractivity contribution is 7.24. The second kappa shape index (κ2) is 9.06. The smallest absolute Gasteiger partial charge is 0.261 e. The van der Waals surface area contributed by atoms with Crippen molar-refractivity contribution in [1.29, 1.82) is 0 Å². The number of anilines is 1. The molecule has 4 aromatic rings. The van der Waals surface area contributed by atoms with Crippen molar-refractivity contribution in [1.82, 2.24) is 19.6 Å². The zero-order valence-corrected chi connectivity index (χ0v) is 20.3. The van der Waals surface area contributed by atoms with Gasteiger partial charge in [-0.1, -0.05) is 12.1 Å². The van der Waals surface area contributed by atoms with Gasteiger partial charge in [-0.25, -0.2) is 13.8 Å². The van der Waals surface area contributed by atoms with Gasteiger partial charge in [0.05, 0.1) is 35.4 Å². The fourth-order valence-corrected chi connectivity index (χ4v) is 6.14. The van der Waals surface area contributed by atoms with Crippen molar-refractivity contribution in [3.05, 3.63) is 52.2 Å². The minimum atomic E-state index is -2.68. The number of para-hydroxylation sites is 1. The number of likely N-dealkylation sites (tertiary alicyclic amines) is 1. The lowest BCUT2D eigenvalue weighted by Crippen LogP contribution is -2.37. The van der Waals surface area contributed by atoms with Gasteiger partial charge in [-0.3, -0.25) is 18.9 Å². The molecule has 5 heterocycles. The Bertz CT molecular complexity index is 1530. The molecule has 2 aliphatic heterocycles. The van der Waals surface area contributed by atoms with Crippen molar-refractivity contribution >= 4 is 49.1 Å². The van der Waals surface area contributed by atoms with Crippen LogP contribution in [-0.2, 0) is 4.74 Å². The number of amides is 1. The average Bonchev–Trinajstić information content (AvgIpc) is 3.43. The topological polar surface area (TPSA) is 79.2 Å². The first-order valence-corrected chi connectivity index (χ1v) is 12.8. The number of carbonyl (C=O) groups excluding carboxylic acids is 1. The molecule has 1 amide bonds. The van der Waals surface area contributed by atoms with E-state index in [1.165, 1.54) is 11.3 Å². The van der Waals surface area contributed by atoms with Crippen LogP contribution >= 0.6 is 11.3 Å². The number of aromatic nitrogens is 2. The number of nitrogens with zero attached hydrogens (tertiary/aromatic N) is 4. The predicted octanol–water partition coefficient (Wildman–Crippen LogP) is 2.97. The van der Waals surface area contributed by atoms with E-state index in [1.807, 2.05) is 34.7 Å². The molecule has 3 aromatic heterocycles. The maximum atomic E-state index is 13.6. The molecule has 1 aromatic carbocycles. The summed E-state index contributed by atoms with van der Waals surface area (Å²) in [5.74, 6) is -2.43. The molecule has 0 saturated carbocycles. The molecule has 8 nitrogen and oxygen atoms in total. The number of hydrogen-bond donors (Lipinski definition) is 1. The third-order valence-electron chi connectivity index (χ3n) is 6.80. The molecule has 0 aliphatic carbocycles. The molecule has 0 unspecified atom stereocenters. The summed E-state index contributed by atoms with van der Waals surface area (Å²) in [6.07, 6.45) is -0.172. The monoisotopic (exact) mass is 513 g/mol. The van der Waals surface area contributed by atoms with E-state index in [4.69, 9.17) is 9.72 Å². The van der Waals surface area contributed by atoms with Crippen LogP contribution in [0.1, 0.15) is 16.8 Å². The summed E-state index contributed by atoms with van der Waals surface area (Å²) in [7, 11) is 0. The van der Waals surface area contributed by atoms with E-state index in [9.17, 15) is 18.4 Å². The number of morpholine rings is 1. The maximum absolute atomic E-state index is 13.6. The number of pyridine rings is 2. The Hall–Kier alpha value is -3.15.